The largest absolute Gasteiger partial charge is 0.330 e. The van der Waals surface area contributed by atoms with E-state index in [-0.39, 0.29) is 11.9 Å². The van der Waals surface area contributed by atoms with Crippen molar-refractivity contribution in [3.63, 3.8) is 0 Å². The van der Waals surface area contributed by atoms with Crippen molar-refractivity contribution in [1.82, 2.24) is 14.3 Å². The predicted octanol–water partition coefficient (Wildman–Crippen LogP) is 4.00. The predicted molar refractivity (Wildman–Crippen MR) is 122 cm³/mol. The Morgan fingerprint density at radius 1 is 1.10 bits per heavy atom. The van der Waals surface area contributed by atoms with Gasteiger partial charge >= 0.3 is 0 Å². The van der Waals surface area contributed by atoms with Gasteiger partial charge in [0.25, 0.3) is 5.91 Å². The number of hydrogen-bond acceptors (Lipinski definition) is 4. The lowest BCUT2D eigenvalue weighted by atomic mass is 9.98. The molecule has 1 N–H and O–H groups in total. The standard InChI is InChI=1S/C23H28N4O3S/c1-15-8-9-19(25-31(4,29)30)18(12-15)23(28)26-10-6-5-7-21(26)20-14-27-17(3)11-16(2)13-22(27)24-20/h8-9,11-14,21,25H,5-7,10H2,1-4H3/t21-/m0/s1. The van der Waals surface area contributed by atoms with E-state index in [1.165, 1.54) is 0 Å². The number of carbonyl (C=O) groups is 1. The van der Waals surface area contributed by atoms with Crippen molar-refractivity contribution in [2.75, 3.05) is 17.5 Å². The molecule has 4 rings (SSSR count). The Hall–Kier alpha value is -2.87. The minimum atomic E-state index is -3.51. The first-order chi connectivity index (χ1) is 14.6. The SMILES string of the molecule is Cc1ccc(NS(C)(=O)=O)c(C(=O)N2CCCC[C@H]2c2cn3c(C)cc(C)cc3n2)c1. The van der Waals surface area contributed by atoms with Crippen LogP contribution in [0.2, 0.25) is 0 Å². The van der Waals surface area contributed by atoms with E-state index in [1.54, 1.807) is 18.2 Å². The summed E-state index contributed by atoms with van der Waals surface area (Å²) in [4.78, 5) is 20.3. The zero-order valence-electron chi connectivity index (χ0n) is 18.3. The summed E-state index contributed by atoms with van der Waals surface area (Å²) < 4.78 is 28.2. The fourth-order valence-electron chi connectivity index (χ4n) is 4.36. The number of nitrogens with one attached hydrogen (secondary N) is 1. The van der Waals surface area contributed by atoms with E-state index in [1.807, 2.05) is 37.9 Å². The van der Waals surface area contributed by atoms with Gasteiger partial charge in [-0.25, -0.2) is 13.4 Å². The van der Waals surface area contributed by atoms with Gasteiger partial charge in [0.15, 0.2) is 0 Å². The smallest absolute Gasteiger partial charge is 0.256 e. The number of likely N-dealkylation sites (tertiary alicyclic amines) is 1. The summed E-state index contributed by atoms with van der Waals surface area (Å²) >= 11 is 0. The van der Waals surface area contributed by atoms with E-state index in [4.69, 9.17) is 4.98 Å². The molecule has 0 unspecified atom stereocenters. The van der Waals surface area contributed by atoms with Crippen molar-refractivity contribution in [2.45, 2.75) is 46.1 Å². The molecule has 1 aromatic carbocycles. The summed E-state index contributed by atoms with van der Waals surface area (Å²) in [5.74, 6) is -0.176. The zero-order chi connectivity index (χ0) is 22.3. The van der Waals surface area contributed by atoms with Crippen molar-refractivity contribution in [2.24, 2.45) is 0 Å². The summed E-state index contributed by atoms with van der Waals surface area (Å²) in [7, 11) is -3.51. The van der Waals surface area contributed by atoms with Crippen LogP contribution >= 0.6 is 0 Å². The number of anilines is 1. The molecule has 1 atom stereocenters. The maximum absolute atomic E-state index is 13.6. The second-order valence-electron chi connectivity index (χ2n) is 8.50. The zero-order valence-corrected chi connectivity index (χ0v) is 19.2. The second kappa shape index (κ2) is 8.00. The third-order valence-corrected chi connectivity index (χ3v) is 6.32. The van der Waals surface area contributed by atoms with Gasteiger partial charge in [0.1, 0.15) is 5.65 Å². The van der Waals surface area contributed by atoms with Crippen molar-refractivity contribution >= 4 is 27.3 Å². The van der Waals surface area contributed by atoms with Crippen molar-refractivity contribution in [3.8, 4) is 0 Å². The monoisotopic (exact) mass is 440 g/mol. The number of pyridine rings is 1. The van der Waals surface area contributed by atoms with Gasteiger partial charge in [-0.1, -0.05) is 11.6 Å². The van der Waals surface area contributed by atoms with E-state index in [9.17, 15) is 13.2 Å². The number of fused-ring (bicyclic) bond motifs is 1. The number of hydrogen-bond donors (Lipinski definition) is 1. The minimum absolute atomic E-state index is 0.146. The third kappa shape index (κ3) is 4.44. The Kier molecular flexibility index (Phi) is 5.51. The number of aromatic nitrogens is 2. The highest BCUT2D eigenvalue weighted by Crippen LogP contribution is 2.33. The minimum Gasteiger partial charge on any atom is -0.330 e. The second-order valence-corrected chi connectivity index (χ2v) is 10.2. The van der Waals surface area contributed by atoms with Gasteiger partial charge in [0.2, 0.25) is 10.0 Å². The van der Waals surface area contributed by atoms with Crippen LogP contribution in [0, 0.1) is 20.8 Å². The first kappa shape index (κ1) is 21.4. The Balaban J connectivity index is 1.74. The first-order valence-electron chi connectivity index (χ1n) is 10.5. The van der Waals surface area contributed by atoms with Crippen LogP contribution in [-0.2, 0) is 10.0 Å². The van der Waals surface area contributed by atoms with Crippen LogP contribution in [0.25, 0.3) is 5.65 Å². The number of piperidine rings is 1. The van der Waals surface area contributed by atoms with E-state index in [0.29, 0.717) is 17.8 Å². The molecular weight excluding hydrogens is 412 g/mol. The maximum atomic E-state index is 13.6. The van der Waals surface area contributed by atoms with E-state index in [0.717, 1.165) is 53.7 Å². The average molecular weight is 441 g/mol. The highest BCUT2D eigenvalue weighted by Gasteiger charge is 2.32. The van der Waals surface area contributed by atoms with Gasteiger partial charge in [-0.3, -0.25) is 9.52 Å². The molecule has 1 saturated heterocycles. The van der Waals surface area contributed by atoms with Crippen LogP contribution in [0.1, 0.15) is 58.2 Å². The molecule has 2 aromatic heterocycles. The first-order valence-corrected chi connectivity index (χ1v) is 12.4. The molecule has 164 valence electrons. The third-order valence-electron chi connectivity index (χ3n) is 5.73. The van der Waals surface area contributed by atoms with Crippen LogP contribution in [-0.4, -0.2) is 41.4 Å². The van der Waals surface area contributed by atoms with Gasteiger partial charge < -0.3 is 9.30 Å². The van der Waals surface area contributed by atoms with Crippen LogP contribution in [0.5, 0.6) is 0 Å². The quantitative estimate of drug-likeness (QED) is 0.665. The van der Waals surface area contributed by atoms with Gasteiger partial charge in [0, 0.05) is 18.4 Å². The maximum Gasteiger partial charge on any atom is 0.256 e. The fourth-order valence-corrected chi connectivity index (χ4v) is 4.94. The molecule has 0 aliphatic carbocycles. The Bertz CT molecular complexity index is 1260. The van der Waals surface area contributed by atoms with Gasteiger partial charge in [-0.15, -0.1) is 0 Å². The van der Waals surface area contributed by atoms with Gasteiger partial charge in [-0.2, -0.15) is 0 Å². The molecule has 7 nitrogen and oxygen atoms in total. The number of imidazole rings is 1. The van der Waals surface area contributed by atoms with Crippen LogP contribution in [0.15, 0.2) is 36.5 Å². The van der Waals surface area contributed by atoms with Gasteiger partial charge in [-0.05, 0) is 69.9 Å². The topological polar surface area (TPSA) is 83.8 Å². The summed E-state index contributed by atoms with van der Waals surface area (Å²) in [6.07, 6.45) is 5.86. The van der Waals surface area contributed by atoms with E-state index >= 15 is 0 Å². The molecule has 1 aliphatic heterocycles. The van der Waals surface area contributed by atoms with Crippen LogP contribution < -0.4 is 4.72 Å². The summed E-state index contributed by atoms with van der Waals surface area (Å²) in [6.45, 7) is 6.60. The van der Waals surface area contributed by atoms with Crippen molar-refractivity contribution in [1.29, 1.82) is 0 Å². The number of nitrogens with zero attached hydrogens (tertiary/aromatic N) is 3. The van der Waals surface area contributed by atoms with Crippen LogP contribution in [0.3, 0.4) is 0 Å². The number of sulfonamides is 1. The normalized spacial score (nSPS) is 17.2. The molecule has 31 heavy (non-hydrogen) atoms. The molecule has 0 radical (unpaired) electrons. The number of rotatable bonds is 4. The fraction of sp³-hybridized carbons (Fsp3) is 0.391. The molecule has 1 amide bonds. The molecule has 0 saturated carbocycles. The lowest BCUT2D eigenvalue weighted by Crippen LogP contribution is -2.39. The summed E-state index contributed by atoms with van der Waals surface area (Å²) in [5, 5.41) is 0. The van der Waals surface area contributed by atoms with Crippen LogP contribution in [0.4, 0.5) is 5.69 Å². The molecular formula is C23H28N4O3S. The molecule has 1 fully saturated rings. The molecule has 1 aliphatic rings. The van der Waals surface area contributed by atoms with Crippen molar-refractivity contribution < 1.29 is 13.2 Å². The molecule has 3 heterocycles. The van der Waals surface area contributed by atoms with Crippen molar-refractivity contribution in [3.05, 3.63) is 64.6 Å². The lowest BCUT2D eigenvalue weighted by molar-refractivity contribution is 0.0607. The number of amides is 1. The summed E-state index contributed by atoms with van der Waals surface area (Å²) in [6, 6.07) is 9.20. The molecule has 8 heteroatoms. The number of carbonyl (C=O) groups excluding carboxylic acids is 1. The number of benzene rings is 1. The Morgan fingerprint density at radius 2 is 1.87 bits per heavy atom. The molecule has 0 bridgehead atoms. The highest BCUT2D eigenvalue weighted by atomic mass is 32.2. The van der Waals surface area contributed by atoms with E-state index < -0.39 is 10.0 Å². The van der Waals surface area contributed by atoms with E-state index in [2.05, 4.69) is 15.2 Å². The summed E-state index contributed by atoms with van der Waals surface area (Å²) in [5.41, 5.74) is 5.56. The molecule has 0 spiro atoms. The highest BCUT2D eigenvalue weighted by molar-refractivity contribution is 7.92. The average Bonchev–Trinajstić information content (AvgIpc) is 3.12. The Morgan fingerprint density at radius 3 is 2.61 bits per heavy atom. The van der Waals surface area contributed by atoms with Gasteiger partial charge in [0.05, 0.1) is 29.2 Å². The molecule has 3 aromatic rings. The number of aryl methyl sites for hydroxylation is 3. The lowest BCUT2D eigenvalue weighted by Gasteiger charge is -2.35. The Labute approximate surface area is 183 Å².